The SMILES string of the molecule is CN1CCN(C=NC2=C(C#N)[C@H](c3ccccc3)c3ccc(O)cc3O2)CC1. The zero-order valence-electron chi connectivity index (χ0n) is 15.7. The van der Waals surface area contributed by atoms with E-state index in [0.717, 1.165) is 37.3 Å². The number of hydrogen-bond donors (Lipinski definition) is 1. The van der Waals surface area contributed by atoms with Gasteiger partial charge in [0.2, 0.25) is 5.88 Å². The van der Waals surface area contributed by atoms with Gasteiger partial charge >= 0.3 is 0 Å². The first-order valence-electron chi connectivity index (χ1n) is 9.32. The number of allylic oxidation sites excluding steroid dienone is 1. The molecule has 0 spiro atoms. The lowest BCUT2D eigenvalue weighted by Gasteiger charge is -2.31. The smallest absolute Gasteiger partial charge is 0.235 e. The molecule has 4 rings (SSSR count). The molecule has 0 aromatic heterocycles. The topological polar surface area (TPSA) is 72.1 Å². The van der Waals surface area contributed by atoms with Crippen molar-refractivity contribution in [3.63, 3.8) is 0 Å². The second-order valence-electron chi connectivity index (χ2n) is 7.08. The number of piperazine rings is 1. The largest absolute Gasteiger partial charge is 0.508 e. The maximum Gasteiger partial charge on any atom is 0.235 e. The van der Waals surface area contributed by atoms with Crippen LogP contribution in [0.4, 0.5) is 0 Å². The molecule has 2 aromatic rings. The molecule has 0 bridgehead atoms. The van der Waals surface area contributed by atoms with Crippen molar-refractivity contribution in [3.05, 3.63) is 71.1 Å². The Bertz CT molecular complexity index is 954. The van der Waals surface area contributed by atoms with Crippen molar-refractivity contribution < 1.29 is 9.84 Å². The highest BCUT2D eigenvalue weighted by Gasteiger charge is 2.31. The number of ether oxygens (including phenoxy) is 1. The molecule has 1 N–H and O–H groups in total. The minimum Gasteiger partial charge on any atom is -0.508 e. The van der Waals surface area contributed by atoms with Gasteiger partial charge in [0.25, 0.3) is 0 Å². The van der Waals surface area contributed by atoms with Crippen molar-refractivity contribution in [1.82, 2.24) is 9.80 Å². The molecule has 6 heteroatoms. The number of phenols is 1. The van der Waals surface area contributed by atoms with Crippen molar-refractivity contribution in [2.45, 2.75) is 5.92 Å². The van der Waals surface area contributed by atoms with Crippen molar-refractivity contribution in [1.29, 1.82) is 5.26 Å². The first-order chi connectivity index (χ1) is 13.7. The summed E-state index contributed by atoms with van der Waals surface area (Å²) in [4.78, 5) is 8.92. The average molecular weight is 374 g/mol. The monoisotopic (exact) mass is 374 g/mol. The number of aliphatic imine (C=N–C) groups is 1. The summed E-state index contributed by atoms with van der Waals surface area (Å²) >= 11 is 0. The predicted molar refractivity (Wildman–Crippen MR) is 107 cm³/mol. The molecule has 1 saturated heterocycles. The Labute approximate surface area is 164 Å². The summed E-state index contributed by atoms with van der Waals surface area (Å²) in [6.45, 7) is 3.71. The van der Waals surface area contributed by atoms with Crippen molar-refractivity contribution in [2.24, 2.45) is 4.99 Å². The molecule has 1 fully saturated rings. The minimum atomic E-state index is -0.282. The Morgan fingerprint density at radius 3 is 2.61 bits per heavy atom. The highest BCUT2D eigenvalue weighted by atomic mass is 16.5. The maximum absolute atomic E-state index is 9.91. The lowest BCUT2D eigenvalue weighted by molar-refractivity contribution is 0.219. The number of nitrogens with zero attached hydrogens (tertiary/aromatic N) is 4. The molecule has 0 radical (unpaired) electrons. The van der Waals surface area contributed by atoms with Gasteiger partial charge < -0.3 is 19.6 Å². The number of hydrogen-bond acceptors (Lipinski definition) is 5. The van der Waals surface area contributed by atoms with Crippen LogP contribution in [0.25, 0.3) is 0 Å². The molecule has 0 unspecified atom stereocenters. The van der Waals surface area contributed by atoms with Crippen LogP contribution >= 0.6 is 0 Å². The van der Waals surface area contributed by atoms with Crippen molar-refractivity contribution >= 4 is 6.34 Å². The van der Waals surface area contributed by atoms with Gasteiger partial charge in [-0.25, -0.2) is 4.99 Å². The van der Waals surface area contributed by atoms with E-state index >= 15 is 0 Å². The molecular weight excluding hydrogens is 352 g/mol. The molecule has 6 nitrogen and oxygen atoms in total. The normalized spacial score (nSPS) is 20.0. The van der Waals surface area contributed by atoms with E-state index in [0.29, 0.717) is 11.3 Å². The Morgan fingerprint density at radius 2 is 1.89 bits per heavy atom. The van der Waals surface area contributed by atoms with Gasteiger partial charge in [-0.15, -0.1) is 0 Å². The molecule has 2 aromatic carbocycles. The fourth-order valence-corrected chi connectivity index (χ4v) is 3.56. The number of nitriles is 1. The van der Waals surface area contributed by atoms with Crippen LogP contribution < -0.4 is 4.74 Å². The van der Waals surface area contributed by atoms with E-state index < -0.39 is 0 Å². The number of benzene rings is 2. The summed E-state index contributed by atoms with van der Waals surface area (Å²) < 4.78 is 5.94. The molecule has 28 heavy (non-hydrogen) atoms. The van der Waals surface area contributed by atoms with Gasteiger partial charge in [-0.05, 0) is 18.7 Å². The van der Waals surface area contributed by atoms with E-state index in [1.165, 1.54) is 0 Å². The lowest BCUT2D eigenvalue weighted by atomic mass is 9.83. The molecule has 2 aliphatic rings. The third-order valence-corrected chi connectivity index (χ3v) is 5.16. The van der Waals surface area contributed by atoms with E-state index in [2.05, 4.69) is 27.9 Å². The number of rotatable bonds is 3. The highest BCUT2D eigenvalue weighted by Crippen LogP contribution is 2.44. The minimum absolute atomic E-state index is 0.119. The van der Waals surface area contributed by atoms with Crippen LogP contribution in [-0.4, -0.2) is 54.5 Å². The zero-order chi connectivity index (χ0) is 19.5. The Balaban J connectivity index is 1.74. The van der Waals surface area contributed by atoms with Gasteiger partial charge in [-0.1, -0.05) is 36.4 Å². The van der Waals surface area contributed by atoms with E-state index in [4.69, 9.17) is 4.74 Å². The number of aromatic hydroxyl groups is 1. The summed E-state index contributed by atoms with van der Waals surface area (Å²) in [5, 5.41) is 19.8. The van der Waals surface area contributed by atoms with Crippen molar-refractivity contribution in [3.8, 4) is 17.6 Å². The fraction of sp³-hybridized carbons (Fsp3) is 0.273. The molecule has 0 aliphatic carbocycles. The van der Waals surface area contributed by atoms with Gasteiger partial charge in [0.1, 0.15) is 23.1 Å². The van der Waals surface area contributed by atoms with Crippen LogP contribution in [0.1, 0.15) is 17.0 Å². The molecule has 0 saturated carbocycles. The maximum atomic E-state index is 9.91. The van der Waals surface area contributed by atoms with Crippen molar-refractivity contribution in [2.75, 3.05) is 33.2 Å². The quantitative estimate of drug-likeness (QED) is 0.661. The Kier molecular flexibility index (Phi) is 5.00. The third kappa shape index (κ3) is 3.57. The molecule has 142 valence electrons. The molecular formula is C22H22N4O2. The highest BCUT2D eigenvalue weighted by molar-refractivity contribution is 5.61. The third-order valence-electron chi connectivity index (χ3n) is 5.16. The second kappa shape index (κ2) is 7.75. The summed E-state index contributed by atoms with van der Waals surface area (Å²) in [5.74, 6) is 0.648. The van der Waals surface area contributed by atoms with Crippen LogP contribution in [0.15, 0.2) is 65.0 Å². The van der Waals surface area contributed by atoms with Crippen LogP contribution in [0.3, 0.4) is 0 Å². The fourth-order valence-electron chi connectivity index (χ4n) is 3.56. The molecule has 2 heterocycles. The van der Waals surface area contributed by atoms with Gasteiger partial charge in [-0.2, -0.15) is 5.26 Å². The van der Waals surface area contributed by atoms with Crippen LogP contribution in [0.5, 0.6) is 11.5 Å². The van der Waals surface area contributed by atoms with Crippen LogP contribution in [0.2, 0.25) is 0 Å². The molecule has 0 amide bonds. The lowest BCUT2D eigenvalue weighted by Crippen LogP contribution is -2.43. The summed E-state index contributed by atoms with van der Waals surface area (Å²) in [5.41, 5.74) is 2.30. The van der Waals surface area contributed by atoms with Gasteiger partial charge in [0.05, 0.1) is 12.3 Å². The number of phenolic OH excluding ortho intramolecular Hbond substituents is 1. The van der Waals surface area contributed by atoms with Gasteiger partial charge in [-0.3, -0.25) is 0 Å². The summed E-state index contributed by atoms with van der Waals surface area (Å²) in [7, 11) is 2.10. The summed E-state index contributed by atoms with van der Waals surface area (Å²) in [6.07, 6.45) is 1.76. The predicted octanol–water partition coefficient (Wildman–Crippen LogP) is 2.93. The zero-order valence-corrected chi connectivity index (χ0v) is 15.7. The first kappa shape index (κ1) is 18.1. The number of likely N-dealkylation sites (N-methyl/N-ethyl adjacent to an activating group) is 1. The van der Waals surface area contributed by atoms with E-state index in [1.807, 2.05) is 30.3 Å². The Morgan fingerprint density at radius 1 is 1.14 bits per heavy atom. The molecule has 1 atom stereocenters. The molecule has 2 aliphatic heterocycles. The van der Waals surface area contributed by atoms with Crippen LogP contribution in [-0.2, 0) is 0 Å². The van der Waals surface area contributed by atoms with Gasteiger partial charge in [0, 0.05) is 37.8 Å². The first-order valence-corrected chi connectivity index (χ1v) is 9.32. The second-order valence-corrected chi connectivity index (χ2v) is 7.08. The van der Waals surface area contributed by atoms with E-state index in [-0.39, 0.29) is 17.6 Å². The van der Waals surface area contributed by atoms with Gasteiger partial charge in [0.15, 0.2) is 0 Å². The van der Waals surface area contributed by atoms with E-state index in [9.17, 15) is 10.4 Å². The standard InChI is InChI=1S/C22H22N4O2/c1-25-9-11-26(12-10-25)15-24-22-19(14-23)21(16-5-3-2-4-6-16)18-8-7-17(27)13-20(18)28-22/h2-8,13,15,21,27H,9-12H2,1H3/t21-/m1/s1. The average Bonchev–Trinajstić information content (AvgIpc) is 2.72. The van der Waals surface area contributed by atoms with E-state index in [1.54, 1.807) is 24.5 Å². The summed E-state index contributed by atoms with van der Waals surface area (Å²) in [6, 6.07) is 17.1. The number of fused-ring (bicyclic) bond motifs is 1. The Hall–Kier alpha value is -3.30. The van der Waals surface area contributed by atoms with Crippen LogP contribution in [0, 0.1) is 11.3 Å².